The molecule has 108 valence electrons. The molecule has 0 spiro atoms. The fourth-order valence-corrected chi connectivity index (χ4v) is 1.78. The summed E-state index contributed by atoms with van der Waals surface area (Å²) in [5.74, 6) is -0.626. The first-order valence-corrected chi connectivity index (χ1v) is 6.35. The highest BCUT2D eigenvalue weighted by Crippen LogP contribution is 2.26. The third-order valence-electron chi connectivity index (χ3n) is 2.66. The average molecular weight is 285 g/mol. The van der Waals surface area contributed by atoms with E-state index in [0.717, 1.165) is 0 Å². The van der Waals surface area contributed by atoms with Gasteiger partial charge in [0.2, 0.25) is 11.8 Å². The summed E-state index contributed by atoms with van der Waals surface area (Å²) in [5.41, 5.74) is 1.40. The van der Waals surface area contributed by atoms with Gasteiger partial charge in [0.25, 0.3) is 0 Å². The Morgan fingerprint density at radius 1 is 1.19 bits per heavy atom. The van der Waals surface area contributed by atoms with Gasteiger partial charge in [-0.05, 0) is 24.3 Å². The zero-order valence-corrected chi connectivity index (χ0v) is 11.5. The number of nitrogens with zero attached hydrogens (tertiary/aromatic N) is 1. The smallest absolute Gasteiger partial charge is 0.230 e. The van der Waals surface area contributed by atoms with E-state index in [1.165, 1.54) is 19.1 Å². The molecule has 0 aliphatic carbocycles. The topological polar surface area (TPSA) is 91.3 Å². The van der Waals surface area contributed by atoms with Gasteiger partial charge in [-0.15, -0.1) is 0 Å². The largest absolute Gasteiger partial charge is 0.506 e. The van der Waals surface area contributed by atoms with Gasteiger partial charge >= 0.3 is 0 Å². The lowest BCUT2D eigenvalue weighted by atomic mass is 10.2. The number of aromatic hydroxyl groups is 1. The van der Waals surface area contributed by atoms with Crippen molar-refractivity contribution in [3.63, 3.8) is 0 Å². The predicted molar refractivity (Wildman–Crippen MR) is 79.0 cm³/mol. The number of amides is 2. The number of carbonyl (C=O) groups is 2. The van der Waals surface area contributed by atoms with Gasteiger partial charge < -0.3 is 15.7 Å². The molecule has 21 heavy (non-hydrogen) atoms. The van der Waals surface area contributed by atoms with Gasteiger partial charge in [0, 0.05) is 30.6 Å². The van der Waals surface area contributed by atoms with E-state index in [-0.39, 0.29) is 24.0 Å². The van der Waals surface area contributed by atoms with Gasteiger partial charge in [-0.3, -0.25) is 14.6 Å². The van der Waals surface area contributed by atoms with Gasteiger partial charge in [0.15, 0.2) is 0 Å². The van der Waals surface area contributed by atoms with Crippen LogP contribution in [-0.2, 0) is 16.0 Å². The second kappa shape index (κ2) is 6.51. The molecule has 0 fully saturated rings. The lowest BCUT2D eigenvalue weighted by Crippen LogP contribution is -2.15. The van der Waals surface area contributed by atoms with E-state index in [4.69, 9.17) is 0 Å². The van der Waals surface area contributed by atoms with Crippen molar-refractivity contribution in [1.82, 2.24) is 4.98 Å². The van der Waals surface area contributed by atoms with E-state index in [1.807, 2.05) is 6.07 Å². The van der Waals surface area contributed by atoms with Gasteiger partial charge in [0.05, 0.1) is 12.1 Å². The van der Waals surface area contributed by atoms with Crippen LogP contribution in [0.1, 0.15) is 12.6 Å². The van der Waals surface area contributed by atoms with Crippen molar-refractivity contribution in [1.29, 1.82) is 0 Å². The second-order valence-corrected chi connectivity index (χ2v) is 4.46. The van der Waals surface area contributed by atoms with Crippen molar-refractivity contribution in [2.24, 2.45) is 0 Å². The zero-order chi connectivity index (χ0) is 15.2. The molecule has 0 atom stereocenters. The lowest BCUT2D eigenvalue weighted by molar-refractivity contribution is -0.116. The third kappa shape index (κ3) is 4.31. The van der Waals surface area contributed by atoms with Crippen LogP contribution in [0.5, 0.6) is 5.75 Å². The number of pyridine rings is 1. The molecule has 6 nitrogen and oxygen atoms in total. The number of hydrogen-bond donors (Lipinski definition) is 3. The van der Waals surface area contributed by atoms with Gasteiger partial charge in [-0.1, -0.05) is 6.07 Å². The van der Waals surface area contributed by atoms with Gasteiger partial charge in [0.1, 0.15) is 5.75 Å². The zero-order valence-electron chi connectivity index (χ0n) is 11.5. The molecule has 2 amide bonds. The maximum Gasteiger partial charge on any atom is 0.230 e. The molecular formula is C15H15N3O3. The average Bonchev–Trinajstić information content (AvgIpc) is 2.42. The van der Waals surface area contributed by atoms with E-state index >= 15 is 0 Å². The van der Waals surface area contributed by atoms with Crippen molar-refractivity contribution in [3.8, 4) is 5.75 Å². The molecular weight excluding hydrogens is 270 g/mol. The van der Waals surface area contributed by atoms with Crippen LogP contribution < -0.4 is 10.6 Å². The number of phenols is 1. The van der Waals surface area contributed by atoms with E-state index in [2.05, 4.69) is 15.6 Å². The summed E-state index contributed by atoms with van der Waals surface area (Å²) in [5, 5.41) is 14.9. The first kappa shape index (κ1) is 14.5. The number of phenolic OH excluding ortho intramolecular Hbond substituents is 1. The number of rotatable bonds is 4. The van der Waals surface area contributed by atoms with Crippen molar-refractivity contribution >= 4 is 23.2 Å². The van der Waals surface area contributed by atoms with Crippen molar-refractivity contribution in [2.75, 3.05) is 10.6 Å². The SMILES string of the molecule is CC(=O)Nc1ccc(NC(=O)Cc2ccccn2)cc1O. The number of benzene rings is 1. The standard InChI is InChI=1S/C15H15N3O3/c1-10(19)17-13-6-5-12(8-14(13)20)18-15(21)9-11-4-2-3-7-16-11/h2-8,20H,9H2,1H3,(H,17,19)(H,18,21). The minimum Gasteiger partial charge on any atom is -0.506 e. The Bertz CT molecular complexity index is 656. The Labute approximate surface area is 121 Å². The van der Waals surface area contributed by atoms with Crippen LogP contribution in [0.25, 0.3) is 0 Å². The lowest BCUT2D eigenvalue weighted by Gasteiger charge is -2.09. The Hall–Kier alpha value is -2.89. The van der Waals surface area contributed by atoms with Crippen LogP contribution in [0.4, 0.5) is 11.4 Å². The number of aromatic nitrogens is 1. The minimum absolute atomic E-state index is 0.110. The van der Waals surface area contributed by atoms with Crippen LogP contribution in [0.2, 0.25) is 0 Å². The second-order valence-electron chi connectivity index (χ2n) is 4.46. The summed E-state index contributed by atoms with van der Waals surface area (Å²) >= 11 is 0. The fraction of sp³-hybridized carbons (Fsp3) is 0.133. The Morgan fingerprint density at radius 2 is 2.00 bits per heavy atom. The Balaban J connectivity index is 2.01. The molecule has 2 rings (SSSR count). The molecule has 6 heteroatoms. The van der Waals surface area contributed by atoms with Crippen molar-refractivity contribution in [3.05, 3.63) is 48.3 Å². The van der Waals surface area contributed by atoms with E-state index < -0.39 is 0 Å². The first-order chi connectivity index (χ1) is 10.0. The van der Waals surface area contributed by atoms with Crippen LogP contribution in [0.15, 0.2) is 42.6 Å². The minimum atomic E-state index is -0.280. The number of carbonyl (C=O) groups excluding carboxylic acids is 2. The fourth-order valence-electron chi connectivity index (χ4n) is 1.78. The highest BCUT2D eigenvalue weighted by Gasteiger charge is 2.08. The maximum absolute atomic E-state index is 11.9. The molecule has 0 aliphatic heterocycles. The molecule has 0 radical (unpaired) electrons. The normalized spacial score (nSPS) is 9.95. The van der Waals surface area contributed by atoms with E-state index in [0.29, 0.717) is 17.1 Å². The number of anilines is 2. The van der Waals surface area contributed by atoms with E-state index in [1.54, 1.807) is 24.4 Å². The van der Waals surface area contributed by atoms with Gasteiger partial charge in [-0.25, -0.2) is 0 Å². The Kier molecular flexibility index (Phi) is 4.50. The summed E-state index contributed by atoms with van der Waals surface area (Å²) in [7, 11) is 0. The third-order valence-corrected chi connectivity index (χ3v) is 2.66. The first-order valence-electron chi connectivity index (χ1n) is 6.35. The van der Waals surface area contributed by atoms with Crippen LogP contribution in [-0.4, -0.2) is 21.9 Å². The van der Waals surface area contributed by atoms with E-state index in [9.17, 15) is 14.7 Å². The molecule has 0 bridgehead atoms. The monoisotopic (exact) mass is 285 g/mol. The molecule has 0 unspecified atom stereocenters. The molecule has 0 aliphatic rings. The predicted octanol–water partition coefficient (Wildman–Crippen LogP) is 1.93. The maximum atomic E-state index is 11.9. The molecule has 0 saturated heterocycles. The van der Waals surface area contributed by atoms with Crippen molar-refractivity contribution < 1.29 is 14.7 Å². The van der Waals surface area contributed by atoms with Crippen LogP contribution in [0, 0.1) is 0 Å². The van der Waals surface area contributed by atoms with Crippen LogP contribution in [0.3, 0.4) is 0 Å². The number of nitrogens with one attached hydrogen (secondary N) is 2. The number of hydrogen-bond acceptors (Lipinski definition) is 4. The Morgan fingerprint density at radius 3 is 2.62 bits per heavy atom. The molecule has 3 N–H and O–H groups in total. The quantitative estimate of drug-likeness (QED) is 0.748. The molecule has 0 saturated carbocycles. The summed E-state index contributed by atoms with van der Waals surface area (Å²) in [4.78, 5) is 26.9. The van der Waals surface area contributed by atoms with Crippen molar-refractivity contribution in [2.45, 2.75) is 13.3 Å². The molecule has 2 aromatic rings. The highest BCUT2D eigenvalue weighted by atomic mass is 16.3. The summed E-state index contributed by atoms with van der Waals surface area (Å²) in [6, 6.07) is 9.84. The summed E-state index contributed by atoms with van der Waals surface area (Å²) < 4.78 is 0. The molecule has 1 aromatic heterocycles. The summed E-state index contributed by atoms with van der Waals surface area (Å²) in [6.45, 7) is 1.35. The molecule has 1 aromatic carbocycles. The molecule has 1 heterocycles. The summed E-state index contributed by atoms with van der Waals surface area (Å²) in [6.07, 6.45) is 1.77. The van der Waals surface area contributed by atoms with Crippen LogP contribution >= 0.6 is 0 Å². The highest BCUT2D eigenvalue weighted by molar-refractivity contribution is 5.94. The van der Waals surface area contributed by atoms with Gasteiger partial charge in [-0.2, -0.15) is 0 Å².